The largest absolute Gasteiger partial charge is 0.487 e. The van der Waals surface area contributed by atoms with Gasteiger partial charge < -0.3 is 9.64 Å². The van der Waals surface area contributed by atoms with E-state index in [1.54, 1.807) is 10.9 Å². The third-order valence-electron chi connectivity index (χ3n) is 4.41. The first kappa shape index (κ1) is 16.5. The second-order valence-corrected chi connectivity index (χ2v) is 6.50. The van der Waals surface area contributed by atoms with Gasteiger partial charge in [0.05, 0.1) is 6.20 Å². The third-order valence-corrected chi connectivity index (χ3v) is 4.41. The summed E-state index contributed by atoms with van der Waals surface area (Å²) in [6.07, 6.45) is 4.06. The first-order valence-electron chi connectivity index (χ1n) is 8.51. The van der Waals surface area contributed by atoms with Crippen molar-refractivity contribution in [2.24, 2.45) is 5.92 Å². The topological polar surface area (TPSA) is 60.2 Å². The maximum absolute atomic E-state index is 12.6. The number of hydrogen-bond donors (Lipinski definition) is 0. The fourth-order valence-electron chi connectivity index (χ4n) is 3.01. The number of hydrogen-bond acceptors (Lipinski definition) is 4. The fraction of sp³-hybridized carbons (Fsp3) is 0.500. The van der Waals surface area contributed by atoms with Crippen molar-refractivity contribution in [2.75, 3.05) is 13.1 Å². The SMILES string of the molecule is C[C@H]1CCCN(C(=O)[C@@H](C)n2cc(COc3ccccc3)nn2)C1. The van der Waals surface area contributed by atoms with E-state index in [9.17, 15) is 4.79 Å². The normalized spacial score (nSPS) is 19.1. The molecule has 1 aliphatic rings. The molecule has 0 N–H and O–H groups in total. The number of piperidine rings is 1. The van der Waals surface area contributed by atoms with Crippen molar-refractivity contribution in [1.29, 1.82) is 0 Å². The van der Waals surface area contributed by atoms with E-state index in [0.29, 0.717) is 18.2 Å². The molecule has 1 aromatic carbocycles. The van der Waals surface area contributed by atoms with Crippen LogP contribution >= 0.6 is 0 Å². The summed E-state index contributed by atoms with van der Waals surface area (Å²) in [6, 6.07) is 9.24. The van der Waals surface area contributed by atoms with Crippen LogP contribution in [-0.4, -0.2) is 38.9 Å². The molecule has 1 saturated heterocycles. The Bertz CT molecular complexity index is 671. The first-order valence-corrected chi connectivity index (χ1v) is 8.51. The van der Waals surface area contributed by atoms with E-state index in [1.165, 1.54) is 6.42 Å². The zero-order chi connectivity index (χ0) is 16.9. The molecule has 6 nitrogen and oxygen atoms in total. The number of nitrogens with zero attached hydrogens (tertiary/aromatic N) is 4. The summed E-state index contributed by atoms with van der Waals surface area (Å²) in [5.74, 6) is 1.47. The molecule has 0 spiro atoms. The number of carbonyl (C=O) groups is 1. The molecular weight excluding hydrogens is 304 g/mol. The molecule has 1 aromatic heterocycles. The molecule has 0 aliphatic carbocycles. The number of carbonyl (C=O) groups excluding carboxylic acids is 1. The van der Waals surface area contributed by atoms with Gasteiger partial charge in [0.1, 0.15) is 24.1 Å². The molecule has 1 fully saturated rings. The number of ether oxygens (including phenoxy) is 1. The van der Waals surface area contributed by atoms with Crippen LogP contribution in [0.25, 0.3) is 0 Å². The second kappa shape index (κ2) is 7.47. The van der Waals surface area contributed by atoms with Crippen molar-refractivity contribution in [2.45, 2.75) is 39.3 Å². The average molecular weight is 328 g/mol. The number of para-hydroxylation sites is 1. The lowest BCUT2D eigenvalue weighted by Crippen LogP contribution is -2.42. The lowest BCUT2D eigenvalue weighted by molar-refractivity contribution is -0.136. The highest BCUT2D eigenvalue weighted by Crippen LogP contribution is 2.19. The number of amides is 1. The van der Waals surface area contributed by atoms with E-state index < -0.39 is 0 Å². The van der Waals surface area contributed by atoms with E-state index in [0.717, 1.165) is 25.3 Å². The number of likely N-dealkylation sites (tertiary alicyclic amines) is 1. The van der Waals surface area contributed by atoms with Gasteiger partial charge in [0.25, 0.3) is 0 Å². The van der Waals surface area contributed by atoms with Crippen molar-refractivity contribution in [3.8, 4) is 5.75 Å². The Hall–Kier alpha value is -2.37. The summed E-state index contributed by atoms with van der Waals surface area (Å²) >= 11 is 0. The van der Waals surface area contributed by atoms with E-state index in [-0.39, 0.29) is 11.9 Å². The van der Waals surface area contributed by atoms with Gasteiger partial charge in [-0.3, -0.25) is 4.79 Å². The van der Waals surface area contributed by atoms with E-state index in [1.807, 2.05) is 42.2 Å². The van der Waals surface area contributed by atoms with Gasteiger partial charge in [-0.15, -0.1) is 5.10 Å². The van der Waals surface area contributed by atoms with Crippen LogP contribution in [0.1, 0.15) is 38.4 Å². The number of aromatic nitrogens is 3. The molecule has 2 heterocycles. The Morgan fingerprint density at radius 1 is 1.38 bits per heavy atom. The summed E-state index contributed by atoms with van der Waals surface area (Å²) in [7, 11) is 0. The van der Waals surface area contributed by atoms with Crippen molar-refractivity contribution >= 4 is 5.91 Å². The van der Waals surface area contributed by atoms with Crippen LogP contribution < -0.4 is 4.74 Å². The van der Waals surface area contributed by atoms with Crippen LogP contribution in [0, 0.1) is 5.92 Å². The molecule has 3 rings (SSSR count). The van der Waals surface area contributed by atoms with Gasteiger partial charge in [0, 0.05) is 13.1 Å². The van der Waals surface area contributed by atoms with Gasteiger partial charge in [-0.25, -0.2) is 4.68 Å². The molecule has 0 bridgehead atoms. The maximum Gasteiger partial charge on any atom is 0.247 e. The summed E-state index contributed by atoms with van der Waals surface area (Å²) in [4.78, 5) is 14.6. The molecule has 0 saturated carbocycles. The lowest BCUT2D eigenvalue weighted by Gasteiger charge is -2.32. The standard InChI is InChI=1S/C18H24N4O2/c1-14-7-6-10-21(11-14)18(23)15(2)22-12-16(19-20-22)13-24-17-8-4-3-5-9-17/h3-5,8-9,12,14-15H,6-7,10-11,13H2,1-2H3/t14-,15+/m0/s1. The van der Waals surface area contributed by atoms with Gasteiger partial charge in [-0.1, -0.05) is 30.3 Å². The second-order valence-electron chi connectivity index (χ2n) is 6.50. The minimum Gasteiger partial charge on any atom is -0.487 e. The zero-order valence-corrected chi connectivity index (χ0v) is 14.3. The third kappa shape index (κ3) is 3.93. The molecule has 0 unspecified atom stereocenters. The predicted octanol–water partition coefficient (Wildman–Crippen LogP) is 2.68. The van der Waals surface area contributed by atoms with Crippen LogP contribution in [0.4, 0.5) is 0 Å². The lowest BCUT2D eigenvalue weighted by atomic mass is 10.00. The van der Waals surface area contributed by atoms with E-state index in [2.05, 4.69) is 17.2 Å². The van der Waals surface area contributed by atoms with Gasteiger partial charge >= 0.3 is 0 Å². The zero-order valence-electron chi connectivity index (χ0n) is 14.3. The Morgan fingerprint density at radius 2 is 2.17 bits per heavy atom. The average Bonchev–Trinajstić information content (AvgIpc) is 3.08. The van der Waals surface area contributed by atoms with Gasteiger partial charge in [0.2, 0.25) is 5.91 Å². The first-order chi connectivity index (χ1) is 11.6. The summed E-state index contributed by atoms with van der Waals surface area (Å²) < 4.78 is 7.30. The molecule has 2 aromatic rings. The van der Waals surface area contributed by atoms with Crippen molar-refractivity contribution in [3.63, 3.8) is 0 Å². The summed E-state index contributed by atoms with van der Waals surface area (Å²) in [5.41, 5.74) is 0.713. The van der Waals surface area contributed by atoms with E-state index >= 15 is 0 Å². The molecule has 24 heavy (non-hydrogen) atoms. The Labute approximate surface area is 142 Å². The minimum absolute atomic E-state index is 0.113. The van der Waals surface area contributed by atoms with Crippen LogP contribution in [0.15, 0.2) is 36.5 Å². The number of rotatable bonds is 5. The maximum atomic E-state index is 12.6. The van der Waals surface area contributed by atoms with Crippen molar-refractivity contribution in [3.05, 3.63) is 42.2 Å². The van der Waals surface area contributed by atoms with E-state index in [4.69, 9.17) is 4.74 Å². The summed E-state index contributed by atoms with van der Waals surface area (Å²) in [6.45, 7) is 6.08. The molecule has 1 aliphatic heterocycles. The monoisotopic (exact) mass is 328 g/mol. The fourth-order valence-corrected chi connectivity index (χ4v) is 3.01. The summed E-state index contributed by atoms with van der Waals surface area (Å²) in [5, 5.41) is 8.21. The highest BCUT2D eigenvalue weighted by atomic mass is 16.5. The Morgan fingerprint density at radius 3 is 2.92 bits per heavy atom. The predicted molar refractivity (Wildman–Crippen MR) is 90.5 cm³/mol. The number of benzene rings is 1. The molecule has 1 amide bonds. The molecule has 0 radical (unpaired) electrons. The Balaban J connectivity index is 1.58. The molecular formula is C18H24N4O2. The van der Waals surface area contributed by atoms with Gasteiger partial charge in [0.15, 0.2) is 0 Å². The van der Waals surface area contributed by atoms with Crippen LogP contribution in [0.5, 0.6) is 5.75 Å². The highest BCUT2D eigenvalue weighted by Gasteiger charge is 2.26. The van der Waals surface area contributed by atoms with Gasteiger partial charge in [-0.2, -0.15) is 0 Å². The van der Waals surface area contributed by atoms with Crippen LogP contribution in [0.2, 0.25) is 0 Å². The van der Waals surface area contributed by atoms with Crippen molar-refractivity contribution < 1.29 is 9.53 Å². The van der Waals surface area contributed by atoms with Crippen LogP contribution in [0.3, 0.4) is 0 Å². The highest BCUT2D eigenvalue weighted by molar-refractivity contribution is 5.80. The van der Waals surface area contributed by atoms with Gasteiger partial charge in [-0.05, 0) is 37.8 Å². The molecule has 2 atom stereocenters. The molecule has 6 heteroatoms. The minimum atomic E-state index is -0.340. The molecule has 128 valence electrons. The smallest absolute Gasteiger partial charge is 0.247 e. The van der Waals surface area contributed by atoms with Crippen LogP contribution in [-0.2, 0) is 11.4 Å². The quantitative estimate of drug-likeness (QED) is 0.846. The van der Waals surface area contributed by atoms with Crippen molar-refractivity contribution in [1.82, 2.24) is 19.9 Å². The Kier molecular flexibility index (Phi) is 5.13.